The van der Waals surface area contributed by atoms with Crippen LogP contribution in [0.1, 0.15) is 5.56 Å². The fourth-order valence-electron chi connectivity index (χ4n) is 1.71. The molecule has 0 unspecified atom stereocenters. The lowest BCUT2D eigenvalue weighted by Gasteiger charge is -2.03. The van der Waals surface area contributed by atoms with Crippen molar-refractivity contribution in [3.8, 4) is 5.75 Å². The molecule has 0 atom stereocenters. The minimum Gasteiger partial charge on any atom is -0.508 e. The number of rotatable bonds is 5. The number of hydrogen-bond donors (Lipinski definition) is 3. The van der Waals surface area contributed by atoms with E-state index in [0.29, 0.717) is 11.3 Å². The molecule has 3 N–H and O–H groups in total. The van der Waals surface area contributed by atoms with Crippen LogP contribution in [-0.4, -0.2) is 31.9 Å². The van der Waals surface area contributed by atoms with E-state index in [4.69, 9.17) is 5.11 Å². The number of phenolic OH excluding ortho intramolecular Hbond substituents is 1. The van der Waals surface area contributed by atoms with Gasteiger partial charge in [0.25, 0.3) is 0 Å². The molecule has 7 heteroatoms. The highest BCUT2D eigenvalue weighted by atomic mass is 16.4. The van der Waals surface area contributed by atoms with Crippen LogP contribution in [0.2, 0.25) is 0 Å². The zero-order valence-corrected chi connectivity index (χ0v) is 10.5. The van der Waals surface area contributed by atoms with Crippen molar-refractivity contribution in [3.63, 3.8) is 0 Å². The van der Waals surface area contributed by atoms with Gasteiger partial charge in [-0.2, -0.15) is 5.10 Å². The molecule has 1 amide bonds. The van der Waals surface area contributed by atoms with Crippen LogP contribution in [0.3, 0.4) is 0 Å². The number of nitrogens with zero attached hydrogens (tertiary/aromatic N) is 2. The summed E-state index contributed by atoms with van der Waals surface area (Å²) in [5, 5.41) is 24.3. The van der Waals surface area contributed by atoms with Crippen molar-refractivity contribution in [2.75, 3.05) is 5.32 Å². The number of anilines is 1. The van der Waals surface area contributed by atoms with Crippen LogP contribution in [0.4, 0.5) is 5.69 Å². The van der Waals surface area contributed by atoms with Gasteiger partial charge in [-0.15, -0.1) is 0 Å². The first-order chi connectivity index (χ1) is 9.52. The Kier molecular flexibility index (Phi) is 3.99. The van der Waals surface area contributed by atoms with E-state index < -0.39 is 5.97 Å². The number of carboxylic acid groups (broad SMARTS) is 1. The quantitative estimate of drug-likeness (QED) is 0.750. The maximum atomic E-state index is 11.8. The molecule has 0 fully saturated rings. The van der Waals surface area contributed by atoms with Crippen LogP contribution >= 0.6 is 0 Å². The standard InChI is InChI=1S/C13H13N3O4/c17-11-3-1-2-9(4-11)5-12(18)15-10-6-14-16(7-10)8-13(19)20/h1-4,6-7,17H,5,8H2,(H,15,18)(H,19,20). The van der Waals surface area contributed by atoms with Crippen molar-refractivity contribution >= 4 is 17.6 Å². The number of carbonyl (C=O) groups excluding carboxylic acids is 1. The smallest absolute Gasteiger partial charge is 0.325 e. The highest BCUT2D eigenvalue weighted by Gasteiger charge is 2.07. The second-order valence-corrected chi connectivity index (χ2v) is 4.22. The first-order valence-electron chi connectivity index (χ1n) is 5.85. The molecular weight excluding hydrogens is 262 g/mol. The van der Waals surface area contributed by atoms with Gasteiger partial charge in [-0.3, -0.25) is 14.3 Å². The summed E-state index contributed by atoms with van der Waals surface area (Å²) < 4.78 is 1.21. The van der Waals surface area contributed by atoms with Gasteiger partial charge < -0.3 is 15.5 Å². The Morgan fingerprint density at radius 3 is 2.85 bits per heavy atom. The molecule has 0 aliphatic rings. The molecule has 0 saturated carbocycles. The topological polar surface area (TPSA) is 104 Å². The van der Waals surface area contributed by atoms with E-state index in [1.807, 2.05) is 0 Å². The number of hydrogen-bond acceptors (Lipinski definition) is 4. The molecule has 1 aromatic heterocycles. The summed E-state index contributed by atoms with van der Waals surface area (Å²) in [5.41, 5.74) is 1.11. The SMILES string of the molecule is O=C(O)Cn1cc(NC(=O)Cc2cccc(O)c2)cn1. The van der Waals surface area contributed by atoms with Gasteiger partial charge in [0.2, 0.25) is 5.91 Å². The molecule has 0 aliphatic carbocycles. The van der Waals surface area contributed by atoms with Crippen molar-refractivity contribution < 1.29 is 19.8 Å². The van der Waals surface area contributed by atoms with Crippen molar-refractivity contribution in [3.05, 3.63) is 42.2 Å². The molecule has 104 valence electrons. The summed E-state index contributed by atoms with van der Waals surface area (Å²) in [4.78, 5) is 22.3. The monoisotopic (exact) mass is 275 g/mol. The number of nitrogens with one attached hydrogen (secondary N) is 1. The Balaban J connectivity index is 1.94. The third-order valence-electron chi connectivity index (χ3n) is 2.49. The average Bonchev–Trinajstić information content (AvgIpc) is 2.75. The zero-order valence-electron chi connectivity index (χ0n) is 10.5. The summed E-state index contributed by atoms with van der Waals surface area (Å²) in [5.74, 6) is -1.18. The van der Waals surface area contributed by atoms with Crippen LogP contribution in [-0.2, 0) is 22.6 Å². The van der Waals surface area contributed by atoms with Gasteiger partial charge in [-0.25, -0.2) is 0 Å². The molecule has 1 heterocycles. The summed E-state index contributed by atoms with van der Waals surface area (Å²) in [6.07, 6.45) is 2.93. The minimum atomic E-state index is -1.01. The maximum Gasteiger partial charge on any atom is 0.325 e. The number of benzene rings is 1. The Bertz CT molecular complexity index is 636. The lowest BCUT2D eigenvalue weighted by Crippen LogP contribution is -2.14. The molecule has 0 bridgehead atoms. The molecule has 1 aromatic carbocycles. The lowest BCUT2D eigenvalue weighted by atomic mass is 10.1. The molecule has 0 saturated heterocycles. The Hall–Kier alpha value is -2.83. The van der Waals surface area contributed by atoms with Gasteiger partial charge in [-0.1, -0.05) is 12.1 Å². The van der Waals surface area contributed by atoms with Crippen LogP contribution in [0.5, 0.6) is 5.75 Å². The minimum absolute atomic E-state index is 0.101. The predicted octanol–water partition coefficient (Wildman–Crippen LogP) is 0.854. The predicted molar refractivity (Wildman–Crippen MR) is 70.3 cm³/mol. The Labute approximate surface area is 114 Å². The maximum absolute atomic E-state index is 11.8. The third-order valence-corrected chi connectivity index (χ3v) is 2.49. The molecular formula is C13H13N3O4. The number of amides is 1. The summed E-state index contributed by atoms with van der Waals surface area (Å²) >= 11 is 0. The van der Waals surface area contributed by atoms with Crippen LogP contribution in [0.15, 0.2) is 36.7 Å². The van der Waals surface area contributed by atoms with Crippen LogP contribution < -0.4 is 5.32 Å². The molecule has 2 rings (SSSR count). The van der Waals surface area contributed by atoms with Gasteiger partial charge in [0.1, 0.15) is 12.3 Å². The van der Waals surface area contributed by atoms with E-state index in [1.165, 1.54) is 29.2 Å². The van der Waals surface area contributed by atoms with Gasteiger partial charge in [-0.05, 0) is 17.7 Å². The van der Waals surface area contributed by atoms with Gasteiger partial charge in [0.05, 0.1) is 18.3 Å². The van der Waals surface area contributed by atoms with Gasteiger partial charge in [0.15, 0.2) is 0 Å². The van der Waals surface area contributed by atoms with Crippen molar-refractivity contribution in [2.24, 2.45) is 0 Å². The number of phenols is 1. The van der Waals surface area contributed by atoms with E-state index in [9.17, 15) is 14.7 Å². The number of aromatic hydroxyl groups is 1. The first-order valence-corrected chi connectivity index (χ1v) is 5.85. The summed E-state index contributed by atoms with van der Waals surface area (Å²) in [6.45, 7) is -0.261. The highest BCUT2D eigenvalue weighted by molar-refractivity contribution is 5.92. The largest absolute Gasteiger partial charge is 0.508 e. The lowest BCUT2D eigenvalue weighted by molar-refractivity contribution is -0.137. The molecule has 0 aliphatic heterocycles. The Morgan fingerprint density at radius 1 is 1.35 bits per heavy atom. The molecule has 0 radical (unpaired) electrons. The highest BCUT2D eigenvalue weighted by Crippen LogP contribution is 2.12. The number of aliphatic carboxylic acids is 1. The van der Waals surface area contributed by atoms with Gasteiger partial charge in [0, 0.05) is 6.20 Å². The molecule has 7 nitrogen and oxygen atoms in total. The van der Waals surface area contributed by atoms with Crippen molar-refractivity contribution in [1.29, 1.82) is 0 Å². The number of carbonyl (C=O) groups is 2. The van der Waals surface area contributed by atoms with Gasteiger partial charge >= 0.3 is 5.97 Å². The summed E-state index contributed by atoms with van der Waals surface area (Å²) in [6, 6.07) is 6.42. The average molecular weight is 275 g/mol. The second-order valence-electron chi connectivity index (χ2n) is 4.22. The second kappa shape index (κ2) is 5.87. The van der Waals surface area contributed by atoms with E-state index >= 15 is 0 Å². The summed E-state index contributed by atoms with van der Waals surface area (Å²) in [7, 11) is 0. The van der Waals surface area contributed by atoms with Crippen molar-refractivity contribution in [1.82, 2.24) is 9.78 Å². The zero-order chi connectivity index (χ0) is 14.5. The van der Waals surface area contributed by atoms with Crippen LogP contribution in [0, 0.1) is 0 Å². The first kappa shape index (κ1) is 13.6. The van der Waals surface area contributed by atoms with Crippen molar-refractivity contribution in [2.45, 2.75) is 13.0 Å². The molecule has 0 spiro atoms. The van der Waals surface area contributed by atoms with E-state index in [0.717, 1.165) is 0 Å². The third kappa shape index (κ3) is 3.84. The molecule has 2 aromatic rings. The Morgan fingerprint density at radius 2 is 2.15 bits per heavy atom. The molecule has 20 heavy (non-hydrogen) atoms. The van der Waals surface area contributed by atoms with E-state index in [-0.39, 0.29) is 24.6 Å². The number of carboxylic acids is 1. The fourth-order valence-corrected chi connectivity index (χ4v) is 1.71. The van der Waals surface area contributed by atoms with Crippen LogP contribution in [0.25, 0.3) is 0 Å². The van der Waals surface area contributed by atoms with E-state index in [2.05, 4.69) is 10.4 Å². The number of aromatic nitrogens is 2. The normalized spacial score (nSPS) is 10.2. The fraction of sp³-hybridized carbons (Fsp3) is 0.154. The van der Waals surface area contributed by atoms with E-state index in [1.54, 1.807) is 12.1 Å².